The molecule has 90 valence electrons. The number of aromatic nitrogens is 4. The molecule has 0 unspecified atom stereocenters. The van der Waals surface area contributed by atoms with Gasteiger partial charge in [-0.25, -0.2) is 4.98 Å². The highest BCUT2D eigenvalue weighted by molar-refractivity contribution is 5.35. The van der Waals surface area contributed by atoms with E-state index in [2.05, 4.69) is 20.4 Å². The van der Waals surface area contributed by atoms with Crippen LogP contribution in [0.5, 0.6) is 0 Å². The number of nitrogens with one attached hydrogen (secondary N) is 2. The van der Waals surface area contributed by atoms with E-state index in [0.29, 0.717) is 12.4 Å². The van der Waals surface area contributed by atoms with Crippen molar-refractivity contribution in [1.82, 2.24) is 19.7 Å². The fourth-order valence-corrected chi connectivity index (χ4v) is 1.72. The van der Waals surface area contributed by atoms with E-state index < -0.39 is 0 Å². The van der Waals surface area contributed by atoms with Gasteiger partial charge >= 0.3 is 0 Å². The zero-order valence-corrected chi connectivity index (χ0v) is 10.1. The van der Waals surface area contributed by atoms with Crippen LogP contribution in [0, 0.1) is 13.8 Å². The summed E-state index contributed by atoms with van der Waals surface area (Å²) in [5.74, 6) is 0.566. The minimum absolute atomic E-state index is 0.165. The molecule has 6 nitrogen and oxygen atoms in total. The molecular formula is C11H15N5O. The highest BCUT2D eigenvalue weighted by Gasteiger charge is 2.08. The summed E-state index contributed by atoms with van der Waals surface area (Å²) < 4.78 is 1.84. The molecule has 0 spiro atoms. The third-order valence-corrected chi connectivity index (χ3v) is 2.78. The molecule has 2 N–H and O–H groups in total. The smallest absolute Gasteiger partial charge is 0.252 e. The van der Waals surface area contributed by atoms with Gasteiger partial charge in [0.05, 0.1) is 12.0 Å². The zero-order valence-electron chi connectivity index (χ0n) is 10.1. The summed E-state index contributed by atoms with van der Waals surface area (Å²) in [6, 6.07) is 1.43. The molecule has 17 heavy (non-hydrogen) atoms. The van der Waals surface area contributed by atoms with Crippen molar-refractivity contribution >= 4 is 5.82 Å². The third-order valence-electron chi connectivity index (χ3n) is 2.78. The van der Waals surface area contributed by atoms with Crippen LogP contribution in [0.3, 0.4) is 0 Å². The number of H-pyrrole nitrogens is 1. The predicted molar refractivity (Wildman–Crippen MR) is 64.9 cm³/mol. The molecule has 0 aliphatic heterocycles. The maximum Gasteiger partial charge on any atom is 0.252 e. The Morgan fingerprint density at radius 1 is 1.47 bits per heavy atom. The van der Waals surface area contributed by atoms with Crippen LogP contribution in [0.15, 0.2) is 17.2 Å². The number of hydrogen-bond acceptors (Lipinski definition) is 4. The summed E-state index contributed by atoms with van der Waals surface area (Å²) in [7, 11) is 1.91. The molecule has 2 rings (SSSR count). The van der Waals surface area contributed by atoms with Crippen LogP contribution in [0.4, 0.5) is 5.82 Å². The normalized spacial score (nSPS) is 10.5. The van der Waals surface area contributed by atoms with Gasteiger partial charge in [0, 0.05) is 30.9 Å². The van der Waals surface area contributed by atoms with E-state index in [1.54, 1.807) is 0 Å². The molecule has 0 fully saturated rings. The molecule has 0 bridgehead atoms. The summed E-state index contributed by atoms with van der Waals surface area (Å²) in [6.45, 7) is 4.60. The summed E-state index contributed by atoms with van der Waals surface area (Å²) in [6.07, 6.45) is 1.38. The van der Waals surface area contributed by atoms with Crippen molar-refractivity contribution in [3.8, 4) is 0 Å². The third kappa shape index (κ3) is 2.35. The molecule has 0 aliphatic carbocycles. The molecule has 6 heteroatoms. The van der Waals surface area contributed by atoms with Crippen LogP contribution in [-0.2, 0) is 13.6 Å². The second-order valence-electron chi connectivity index (χ2n) is 3.92. The average Bonchev–Trinajstić information content (AvgIpc) is 2.51. The Morgan fingerprint density at radius 2 is 2.24 bits per heavy atom. The molecule has 0 saturated carbocycles. The molecule has 0 saturated heterocycles. The average molecular weight is 233 g/mol. The first kappa shape index (κ1) is 11.4. The van der Waals surface area contributed by atoms with E-state index in [1.807, 2.05) is 25.6 Å². The Bertz CT molecular complexity index is 584. The second kappa shape index (κ2) is 4.40. The topological polar surface area (TPSA) is 75.6 Å². The lowest BCUT2D eigenvalue weighted by Gasteiger charge is -2.05. The summed E-state index contributed by atoms with van der Waals surface area (Å²) >= 11 is 0. The number of hydrogen-bond donors (Lipinski definition) is 2. The molecule has 2 heterocycles. The Balaban J connectivity index is 2.15. The summed E-state index contributed by atoms with van der Waals surface area (Å²) in [5.41, 5.74) is 3.07. The Labute approximate surface area is 98.7 Å². The quantitative estimate of drug-likeness (QED) is 0.819. The van der Waals surface area contributed by atoms with Crippen molar-refractivity contribution in [2.45, 2.75) is 20.4 Å². The molecular weight excluding hydrogens is 218 g/mol. The van der Waals surface area contributed by atoms with Gasteiger partial charge in [0.2, 0.25) is 0 Å². The van der Waals surface area contributed by atoms with E-state index >= 15 is 0 Å². The Morgan fingerprint density at radius 3 is 2.82 bits per heavy atom. The van der Waals surface area contributed by atoms with Crippen molar-refractivity contribution < 1.29 is 0 Å². The number of nitrogens with zero attached hydrogens (tertiary/aromatic N) is 3. The Hall–Kier alpha value is -2.11. The van der Waals surface area contributed by atoms with E-state index in [-0.39, 0.29) is 5.56 Å². The zero-order chi connectivity index (χ0) is 12.4. The van der Waals surface area contributed by atoms with Gasteiger partial charge in [0.15, 0.2) is 0 Å². The molecule has 0 amide bonds. The highest BCUT2D eigenvalue weighted by atomic mass is 16.1. The lowest BCUT2D eigenvalue weighted by Crippen LogP contribution is -2.09. The largest absolute Gasteiger partial charge is 0.366 e. The molecule has 0 radical (unpaired) electrons. The van der Waals surface area contributed by atoms with Crippen LogP contribution in [0.25, 0.3) is 0 Å². The first-order valence-electron chi connectivity index (χ1n) is 5.35. The number of rotatable bonds is 3. The molecule has 2 aromatic heterocycles. The first-order valence-corrected chi connectivity index (χ1v) is 5.35. The second-order valence-corrected chi connectivity index (χ2v) is 3.92. The Kier molecular flexibility index (Phi) is 2.95. The van der Waals surface area contributed by atoms with Gasteiger partial charge in [0.1, 0.15) is 5.82 Å². The lowest BCUT2D eigenvalue weighted by molar-refractivity contribution is 0.730. The van der Waals surface area contributed by atoms with Crippen LogP contribution in [-0.4, -0.2) is 19.7 Å². The fourth-order valence-electron chi connectivity index (χ4n) is 1.72. The maximum absolute atomic E-state index is 11.1. The molecule has 0 aliphatic rings. The van der Waals surface area contributed by atoms with Crippen molar-refractivity contribution in [1.29, 1.82) is 0 Å². The number of anilines is 1. The molecule has 2 aromatic rings. The van der Waals surface area contributed by atoms with Gasteiger partial charge in [-0.1, -0.05) is 0 Å². The fraction of sp³-hybridized carbons (Fsp3) is 0.364. The standard InChI is InChI=1S/C11H15N5O/c1-7-9(8(2)16(3)15-7)5-12-10-4-11(17)14-6-13-10/h4,6H,5H2,1-3H3,(H2,12,13,14,17). The van der Waals surface area contributed by atoms with Crippen LogP contribution < -0.4 is 10.9 Å². The van der Waals surface area contributed by atoms with Gasteiger partial charge in [-0.2, -0.15) is 5.10 Å². The lowest BCUT2D eigenvalue weighted by atomic mass is 10.2. The van der Waals surface area contributed by atoms with E-state index in [1.165, 1.54) is 12.4 Å². The highest BCUT2D eigenvalue weighted by Crippen LogP contribution is 2.13. The van der Waals surface area contributed by atoms with E-state index in [4.69, 9.17) is 0 Å². The minimum Gasteiger partial charge on any atom is -0.366 e. The predicted octanol–water partition coefficient (Wildman–Crippen LogP) is 0.732. The van der Waals surface area contributed by atoms with Crippen LogP contribution in [0.1, 0.15) is 17.0 Å². The van der Waals surface area contributed by atoms with Crippen LogP contribution in [0.2, 0.25) is 0 Å². The van der Waals surface area contributed by atoms with Gasteiger partial charge < -0.3 is 10.3 Å². The van der Waals surface area contributed by atoms with Crippen molar-refractivity contribution in [2.75, 3.05) is 5.32 Å². The van der Waals surface area contributed by atoms with Gasteiger partial charge in [0.25, 0.3) is 5.56 Å². The maximum atomic E-state index is 11.1. The minimum atomic E-state index is -0.165. The van der Waals surface area contributed by atoms with Gasteiger partial charge in [-0.05, 0) is 13.8 Å². The van der Waals surface area contributed by atoms with Gasteiger partial charge in [-0.3, -0.25) is 9.48 Å². The van der Waals surface area contributed by atoms with E-state index in [9.17, 15) is 4.79 Å². The SMILES string of the molecule is Cc1nn(C)c(C)c1CNc1cc(=O)[nH]cn1. The summed E-state index contributed by atoms with van der Waals surface area (Å²) in [5, 5.41) is 7.44. The van der Waals surface area contributed by atoms with Crippen LogP contribution >= 0.6 is 0 Å². The summed E-state index contributed by atoms with van der Waals surface area (Å²) in [4.78, 5) is 17.6. The number of aromatic amines is 1. The molecule has 0 atom stereocenters. The van der Waals surface area contributed by atoms with Gasteiger partial charge in [-0.15, -0.1) is 0 Å². The van der Waals surface area contributed by atoms with E-state index in [0.717, 1.165) is 17.0 Å². The van der Waals surface area contributed by atoms with Crippen molar-refractivity contribution in [2.24, 2.45) is 7.05 Å². The monoisotopic (exact) mass is 233 g/mol. The van der Waals surface area contributed by atoms with Crippen molar-refractivity contribution in [3.05, 3.63) is 39.7 Å². The molecule has 0 aromatic carbocycles. The number of aryl methyl sites for hydroxylation is 2. The first-order chi connectivity index (χ1) is 8.08. The van der Waals surface area contributed by atoms with Crippen molar-refractivity contribution in [3.63, 3.8) is 0 Å².